The van der Waals surface area contributed by atoms with Gasteiger partial charge in [0.2, 0.25) is 0 Å². The Morgan fingerprint density at radius 2 is 2.10 bits per heavy atom. The Bertz CT molecular complexity index is 547. The average Bonchev–Trinajstić information content (AvgIpc) is 2.96. The lowest BCUT2D eigenvalue weighted by molar-refractivity contribution is 0.507. The fraction of sp³-hybridized carbons (Fsp3) is 0.312. The van der Waals surface area contributed by atoms with Gasteiger partial charge < -0.3 is 15.1 Å². The van der Waals surface area contributed by atoms with E-state index >= 15 is 0 Å². The van der Waals surface area contributed by atoms with E-state index in [1.54, 1.807) is 13.3 Å². The third kappa shape index (κ3) is 4.46. The van der Waals surface area contributed by atoms with Crippen molar-refractivity contribution in [3.63, 3.8) is 0 Å². The van der Waals surface area contributed by atoms with E-state index in [0.717, 1.165) is 31.2 Å². The number of hydrogen-bond donors (Lipinski definition) is 2. The summed E-state index contributed by atoms with van der Waals surface area (Å²) in [4.78, 5) is 4.21. The van der Waals surface area contributed by atoms with E-state index in [9.17, 15) is 0 Å². The first-order valence-corrected chi connectivity index (χ1v) is 6.80. The van der Waals surface area contributed by atoms with Crippen LogP contribution in [0.5, 0.6) is 0 Å². The van der Waals surface area contributed by atoms with Crippen LogP contribution in [-0.4, -0.2) is 19.6 Å². The summed E-state index contributed by atoms with van der Waals surface area (Å²) in [6.45, 7) is 3.66. The third-order valence-corrected chi connectivity index (χ3v) is 3.01. The number of benzene rings is 1. The van der Waals surface area contributed by atoms with E-state index in [1.165, 1.54) is 11.1 Å². The molecule has 1 aromatic carbocycles. The molecule has 106 valence electrons. The van der Waals surface area contributed by atoms with Crippen LogP contribution in [-0.2, 0) is 13.0 Å². The lowest BCUT2D eigenvalue weighted by Crippen LogP contribution is -2.37. The highest BCUT2D eigenvalue weighted by molar-refractivity contribution is 5.79. The largest absolute Gasteiger partial charge is 0.469 e. The van der Waals surface area contributed by atoms with Gasteiger partial charge >= 0.3 is 0 Å². The molecule has 2 N–H and O–H groups in total. The molecule has 1 aromatic heterocycles. The predicted octanol–water partition coefficient (Wildman–Crippen LogP) is 2.50. The van der Waals surface area contributed by atoms with Gasteiger partial charge in [0.15, 0.2) is 5.96 Å². The van der Waals surface area contributed by atoms with Crippen molar-refractivity contribution in [2.45, 2.75) is 19.9 Å². The fourth-order valence-corrected chi connectivity index (χ4v) is 1.99. The Labute approximate surface area is 119 Å². The number of hydrogen-bond acceptors (Lipinski definition) is 2. The number of aryl methyl sites for hydroxylation is 1. The third-order valence-electron chi connectivity index (χ3n) is 3.01. The molecule has 2 rings (SSSR count). The molecule has 0 aliphatic carbocycles. The number of guanidine groups is 1. The first-order chi connectivity index (χ1) is 9.78. The van der Waals surface area contributed by atoms with Gasteiger partial charge in [0.05, 0.1) is 6.26 Å². The second-order valence-electron chi connectivity index (χ2n) is 4.67. The Morgan fingerprint density at radius 3 is 2.80 bits per heavy atom. The van der Waals surface area contributed by atoms with Crippen LogP contribution in [0.4, 0.5) is 0 Å². The molecular weight excluding hydrogens is 250 g/mol. The summed E-state index contributed by atoms with van der Waals surface area (Å²) in [7, 11) is 1.78. The summed E-state index contributed by atoms with van der Waals surface area (Å²) in [5, 5.41) is 6.57. The van der Waals surface area contributed by atoms with E-state index in [1.807, 2.05) is 12.1 Å². The zero-order valence-corrected chi connectivity index (χ0v) is 12.0. The van der Waals surface area contributed by atoms with Crippen LogP contribution < -0.4 is 10.6 Å². The van der Waals surface area contributed by atoms with Crippen LogP contribution in [0.25, 0.3) is 0 Å². The lowest BCUT2D eigenvalue weighted by Gasteiger charge is -2.11. The number of furan rings is 1. The van der Waals surface area contributed by atoms with Gasteiger partial charge in [0.1, 0.15) is 5.76 Å². The van der Waals surface area contributed by atoms with Crippen molar-refractivity contribution in [2.24, 2.45) is 4.99 Å². The molecular formula is C16H21N3O. The molecule has 0 atom stereocenters. The van der Waals surface area contributed by atoms with Crippen molar-refractivity contribution in [3.8, 4) is 0 Å². The van der Waals surface area contributed by atoms with Gasteiger partial charge in [-0.1, -0.05) is 29.8 Å². The van der Waals surface area contributed by atoms with E-state index < -0.39 is 0 Å². The van der Waals surface area contributed by atoms with Crippen LogP contribution in [0.3, 0.4) is 0 Å². The highest BCUT2D eigenvalue weighted by atomic mass is 16.3. The highest BCUT2D eigenvalue weighted by Crippen LogP contribution is 2.03. The van der Waals surface area contributed by atoms with Gasteiger partial charge in [0, 0.05) is 26.6 Å². The summed E-state index contributed by atoms with van der Waals surface area (Å²) >= 11 is 0. The molecule has 0 bridgehead atoms. The molecule has 4 nitrogen and oxygen atoms in total. The number of aliphatic imine (C=N–C) groups is 1. The van der Waals surface area contributed by atoms with Crippen LogP contribution in [0.1, 0.15) is 16.9 Å². The number of rotatable bonds is 5. The van der Waals surface area contributed by atoms with Crippen LogP contribution in [0.2, 0.25) is 0 Å². The smallest absolute Gasteiger partial charge is 0.191 e. The maximum Gasteiger partial charge on any atom is 0.191 e. The molecule has 2 aromatic rings. The molecule has 0 aliphatic heterocycles. The van der Waals surface area contributed by atoms with Gasteiger partial charge in [-0.05, 0) is 24.6 Å². The zero-order chi connectivity index (χ0) is 14.2. The second kappa shape index (κ2) is 7.38. The van der Waals surface area contributed by atoms with Gasteiger partial charge in [-0.25, -0.2) is 0 Å². The molecule has 20 heavy (non-hydrogen) atoms. The van der Waals surface area contributed by atoms with Crippen molar-refractivity contribution in [2.75, 3.05) is 13.6 Å². The first-order valence-electron chi connectivity index (χ1n) is 6.80. The Kier molecular flexibility index (Phi) is 5.24. The van der Waals surface area contributed by atoms with Crippen molar-refractivity contribution in [1.82, 2.24) is 10.6 Å². The summed E-state index contributed by atoms with van der Waals surface area (Å²) in [6.07, 6.45) is 2.54. The molecule has 0 aliphatic rings. The number of nitrogens with one attached hydrogen (secondary N) is 2. The van der Waals surface area contributed by atoms with E-state index in [4.69, 9.17) is 4.42 Å². The highest BCUT2D eigenvalue weighted by Gasteiger charge is 2.00. The normalized spacial score (nSPS) is 11.4. The maximum atomic E-state index is 5.29. The summed E-state index contributed by atoms with van der Waals surface area (Å²) in [5.74, 6) is 1.78. The molecule has 0 amide bonds. The maximum absolute atomic E-state index is 5.29. The zero-order valence-electron chi connectivity index (χ0n) is 12.0. The van der Waals surface area contributed by atoms with Gasteiger partial charge in [-0.15, -0.1) is 0 Å². The second-order valence-corrected chi connectivity index (χ2v) is 4.67. The molecule has 0 fully saturated rings. The van der Waals surface area contributed by atoms with Crippen molar-refractivity contribution in [3.05, 3.63) is 59.5 Å². The van der Waals surface area contributed by atoms with Gasteiger partial charge in [-0.2, -0.15) is 0 Å². The summed E-state index contributed by atoms with van der Waals surface area (Å²) in [5.41, 5.74) is 2.52. The SMILES string of the molecule is CN=C(NCCc1ccco1)NCc1cccc(C)c1. The van der Waals surface area contributed by atoms with Crippen molar-refractivity contribution >= 4 is 5.96 Å². The van der Waals surface area contributed by atoms with E-state index in [-0.39, 0.29) is 0 Å². The van der Waals surface area contributed by atoms with Gasteiger partial charge in [0.25, 0.3) is 0 Å². The van der Waals surface area contributed by atoms with E-state index in [0.29, 0.717) is 0 Å². The molecule has 4 heteroatoms. The minimum atomic E-state index is 0.766. The molecule has 0 radical (unpaired) electrons. The van der Waals surface area contributed by atoms with Crippen LogP contribution in [0, 0.1) is 6.92 Å². The molecule has 0 unspecified atom stereocenters. The summed E-state index contributed by atoms with van der Waals surface area (Å²) < 4.78 is 5.29. The molecule has 0 saturated carbocycles. The van der Waals surface area contributed by atoms with Crippen molar-refractivity contribution in [1.29, 1.82) is 0 Å². The molecule has 0 spiro atoms. The molecule has 1 heterocycles. The minimum absolute atomic E-state index is 0.766. The monoisotopic (exact) mass is 271 g/mol. The fourth-order valence-electron chi connectivity index (χ4n) is 1.99. The Morgan fingerprint density at radius 1 is 1.20 bits per heavy atom. The van der Waals surface area contributed by atoms with Crippen molar-refractivity contribution < 1.29 is 4.42 Å². The Hall–Kier alpha value is -2.23. The lowest BCUT2D eigenvalue weighted by atomic mass is 10.1. The van der Waals surface area contributed by atoms with Crippen LogP contribution >= 0.6 is 0 Å². The quantitative estimate of drug-likeness (QED) is 0.649. The first kappa shape index (κ1) is 14.2. The minimum Gasteiger partial charge on any atom is -0.469 e. The number of nitrogens with zero attached hydrogens (tertiary/aromatic N) is 1. The Balaban J connectivity index is 1.75. The van der Waals surface area contributed by atoms with E-state index in [2.05, 4.69) is 46.8 Å². The van der Waals surface area contributed by atoms with Crippen LogP contribution in [0.15, 0.2) is 52.1 Å². The topological polar surface area (TPSA) is 49.6 Å². The summed E-state index contributed by atoms with van der Waals surface area (Å²) in [6, 6.07) is 12.3. The molecule has 0 saturated heterocycles. The average molecular weight is 271 g/mol. The standard InChI is InChI=1S/C16H21N3O/c1-13-5-3-6-14(11-13)12-19-16(17-2)18-9-8-15-7-4-10-20-15/h3-7,10-11H,8-9,12H2,1-2H3,(H2,17,18,19). The predicted molar refractivity (Wildman–Crippen MR) is 81.8 cm³/mol. The van der Waals surface area contributed by atoms with Gasteiger partial charge in [-0.3, -0.25) is 4.99 Å².